The van der Waals surface area contributed by atoms with Crippen LogP contribution in [-0.2, 0) is 16.5 Å². The number of hydrogen-bond donors (Lipinski definition) is 1. The van der Waals surface area contributed by atoms with E-state index in [1.165, 1.54) is 11.3 Å². The summed E-state index contributed by atoms with van der Waals surface area (Å²) >= 11 is 1.41. The third-order valence-electron chi connectivity index (χ3n) is 3.94. The van der Waals surface area contributed by atoms with Crippen LogP contribution in [0.5, 0.6) is 0 Å². The van der Waals surface area contributed by atoms with Crippen LogP contribution in [0.1, 0.15) is 28.9 Å². The van der Waals surface area contributed by atoms with Gasteiger partial charge in [-0.05, 0) is 25.0 Å². The number of likely N-dealkylation sites (tertiary alicyclic amines) is 1. The molecule has 1 saturated heterocycles. The zero-order valence-corrected chi connectivity index (χ0v) is 14.6. The lowest BCUT2D eigenvalue weighted by Crippen LogP contribution is -2.27. The molecular weight excluding hydrogens is 348 g/mol. The molecule has 2 aromatic rings. The van der Waals surface area contributed by atoms with Crippen LogP contribution in [0.3, 0.4) is 0 Å². The van der Waals surface area contributed by atoms with Gasteiger partial charge in [0.15, 0.2) is 0 Å². The van der Waals surface area contributed by atoms with Crippen molar-refractivity contribution in [1.82, 2.24) is 9.88 Å². The van der Waals surface area contributed by atoms with Crippen molar-refractivity contribution >= 4 is 27.4 Å². The van der Waals surface area contributed by atoms with Gasteiger partial charge >= 0.3 is 0 Å². The first-order valence-corrected chi connectivity index (χ1v) is 10.2. The molecule has 0 unspecified atom stereocenters. The predicted octanol–water partition coefficient (Wildman–Crippen LogP) is 2.48. The normalized spacial score (nSPS) is 15.0. The molecule has 8 heteroatoms. The summed E-state index contributed by atoms with van der Waals surface area (Å²) in [6.07, 6.45) is 2.31. The zero-order chi connectivity index (χ0) is 17.2. The highest BCUT2D eigenvalue weighted by Crippen LogP contribution is 2.25. The minimum atomic E-state index is -3.98. The second-order valence-corrected chi connectivity index (χ2v) is 8.19. The molecule has 24 heavy (non-hydrogen) atoms. The molecule has 1 aliphatic heterocycles. The van der Waals surface area contributed by atoms with Gasteiger partial charge in [-0.3, -0.25) is 9.35 Å². The van der Waals surface area contributed by atoms with Gasteiger partial charge in [-0.1, -0.05) is 12.1 Å². The van der Waals surface area contributed by atoms with Crippen molar-refractivity contribution < 1.29 is 17.8 Å². The molecule has 0 bridgehead atoms. The van der Waals surface area contributed by atoms with E-state index in [0.717, 1.165) is 36.5 Å². The third kappa shape index (κ3) is 4.19. The number of thiazole rings is 1. The first-order valence-electron chi connectivity index (χ1n) is 7.72. The molecule has 3 rings (SSSR count). The van der Waals surface area contributed by atoms with E-state index in [-0.39, 0.29) is 18.1 Å². The van der Waals surface area contributed by atoms with Gasteiger partial charge in [0.25, 0.3) is 16.0 Å². The molecule has 0 atom stereocenters. The molecule has 1 aromatic heterocycles. The fraction of sp³-hybridized carbons (Fsp3) is 0.375. The molecule has 0 spiro atoms. The topological polar surface area (TPSA) is 87.6 Å². The Kier molecular flexibility index (Phi) is 4.98. The van der Waals surface area contributed by atoms with Crippen molar-refractivity contribution in [3.8, 4) is 10.6 Å². The first-order chi connectivity index (χ1) is 11.4. The quantitative estimate of drug-likeness (QED) is 0.822. The van der Waals surface area contributed by atoms with Crippen LogP contribution in [0, 0.1) is 0 Å². The van der Waals surface area contributed by atoms with Crippen molar-refractivity contribution in [2.45, 2.75) is 19.3 Å². The smallest absolute Gasteiger partial charge is 0.265 e. The fourth-order valence-corrected chi connectivity index (χ4v) is 3.97. The van der Waals surface area contributed by atoms with E-state index in [1.807, 2.05) is 17.0 Å². The maximum Gasteiger partial charge on any atom is 0.265 e. The summed E-state index contributed by atoms with van der Waals surface area (Å²) in [7, 11) is -3.98. The summed E-state index contributed by atoms with van der Waals surface area (Å²) in [5, 5.41) is 2.55. The predicted molar refractivity (Wildman–Crippen MR) is 92.8 cm³/mol. The monoisotopic (exact) mass is 366 g/mol. The van der Waals surface area contributed by atoms with E-state index >= 15 is 0 Å². The molecule has 0 saturated carbocycles. The molecule has 128 valence electrons. The lowest BCUT2D eigenvalue weighted by molar-refractivity contribution is 0.0793. The average molecular weight is 366 g/mol. The van der Waals surface area contributed by atoms with Gasteiger partial charge in [-0.15, -0.1) is 11.3 Å². The molecule has 1 aromatic carbocycles. The van der Waals surface area contributed by atoms with Crippen LogP contribution in [0.2, 0.25) is 0 Å². The summed E-state index contributed by atoms with van der Waals surface area (Å²) in [5.41, 5.74) is 2.18. The number of benzene rings is 1. The zero-order valence-electron chi connectivity index (χ0n) is 13.0. The Labute approximate surface area is 144 Å². The van der Waals surface area contributed by atoms with Gasteiger partial charge in [0.1, 0.15) is 5.01 Å². The summed E-state index contributed by atoms with van der Waals surface area (Å²) in [4.78, 5) is 18.6. The lowest BCUT2D eigenvalue weighted by atomic mass is 10.1. The highest BCUT2D eigenvalue weighted by Gasteiger charge is 2.19. The summed E-state index contributed by atoms with van der Waals surface area (Å²) in [6, 6.07) is 7.31. The Morgan fingerprint density at radius 1 is 1.21 bits per heavy atom. The number of amides is 1. The van der Waals surface area contributed by atoms with Crippen molar-refractivity contribution in [3.05, 3.63) is 40.9 Å². The Morgan fingerprint density at radius 3 is 2.50 bits per heavy atom. The maximum atomic E-state index is 12.3. The van der Waals surface area contributed by atoms with Crippen molar-refractivity contribution in [1.29, 1.82) is 0 Å². The van der Waals surface area contributed by atoms with Crippen molar-refractivity contribution in [3.63, 3.8) is 0 Å². The van der Waals surface area contributed by atoms with E-state index in [0.29, 0.717) is 11.3 Å². The maximum absolute atomic E-state index is 12.3. The van der Waals surface area contributed by atoms with Gasteiger partial charge in [-0.2, -0.15) is 8.42 Å². The minimum absolute atomic E-state index is 0.0621. The highest BCUT2D eigenvalue weighted by atomic mass is 32.2. The molecule has 1 aliphatic rings. The number of rotatable bonds is 5. The molecule has 6 nitrogen and oxygen atoms in total. The van der Waals surface area contributed by atoms with Gasteiger partial charge in [0.05, 0.1) is 11.4 Å². The van der Waals surface area contributed by atoms with E-state index in [9.17, 15) is 13.2 Å². The molecule has 0 radical (unpaired) electrons. The number of hydrogen-bond acceptors (Lipinski definition) is 5. The number of aryl methyl sites for hydroxylation is 1. The number of aromatic nitrogens is 1. The van der Waals surface area contributed by atoms with Crippen molar-refractivity contribution in [2.75, 3.05) is 18.8 Å². The van der Waals surface area contributed by atoms with E-state index < -0.39 is 10.1 Å². The minimum Gasteiger partial charge on any atom is -0.339 e. The molecule has 1 amide bonds. The average Bonchev–Trinajstić information content (AvgIpc) is 3.23. The van der Waals surface area contributed by atoms with E-state index in [4.69, 9.17) is 4.55 Å². The summed E-state index contributed by atoms with van der Waals surface area (Å²) in [6.45, 7) is 1.65. The molecule has 1 N–H and O–H groups in total. The van der Waals surface area contributed by atoms with Gasteiger partial charge in [-0.25, -0.2) is 4.98 Å². The Bertz CT molecular complexity index is 822. The summed E-state index contributed by atoms with van der Waals surface area (Å²) < 4.78 is 30.4. The van der Waals surface area contributed by atoms with Gasteiger partial charge in [0, 0.05) is 36.0 Å². The van der Waals surface area contributed by atoms with Crippen molar-refractivity contribution in [2.24, 2.45) is 0 Å². The summed E-state index contributed by atoms with van der Waals surface area (Å²) in [5.74, 6) is -0.272. The van der Waals surface area contributed by atoms with Gasteiger partial charge < -0.3 is 4.90 Å². The SMILES string of the molecule is O=C(c1ccc(-c2nc(CCS(=O)(=O)O)cs2)cc1)N1CCCC1. The van der Waals surface area contributed by atoms with Crippen LogP contribution in [0.15, 0.2) is 29.6 Å². The highest BCUT2D eigenvalue weighted by molar-refractivity contribution is 7.85. The van der Waals surface area contributed by atoms with E-state index in [1.54, 1.807) is 17.5 Å². The Hall–Kier alpha value is -1.77. The van der Waals surface area contributed by atoms with E-state index in [2.05, 4.69) is 4.98 Å². The van der Waals surface area contributed by atoms with Crippen LogP contribution in [-0.4, -0.2) is 47.6 Å². The lowest BCUT2D eigenvalue weighted by Gasteiger charge is -2.15. The van der Waals surface area contributed by atoms with Gasteiger partial charge in [0.2, 0.25) is 0 Å². The third-order valence-corrected chi connectivity index (χ3v) is 5.60. The largest absolute Gasteiger partial charge is 0.339 e. The van der Waals surface area contributed by atoms with Crippen LogP contribution in [0.25, 0.3) is 10.6 Å². The standard InChI is InChI=1S/C16H18N2O4S2/c19-16(18-8-1-2-9-18)13-5-3-12(4-6-13)15-17-14(11-23-15)7-10-24(20,21)22/h3-6,11H,1-2,7-10H2,(H,20,21,22). The van der Waals surface area contributed by atoms with Crippen LogP contribution in [0.4, 0.5) is 0 Å². The molecule has 1 fully saturated rings. The second-order valence-electron chi connectivity index (χ2n) is 5.76. The number of carbonyl (C=O) groups is 1. The number of nitrogens with zero attached hydrogens (tertiary/aromatic N) is 2. The molecule has 2 heterocycles. The number of carbonyl (C=O) groups excluding carboxylic acids is 1. The second kappa shape index (κ2) is 7.00. The van der Waals surface area contributed by atoms with Crippen LogP contribution >= 0.6 is 11.3 Å². The van der Waals surface area contributed by atoms with Crippen LogP contribution < -0.4 is 0 Å². The Balaban J connectivity index is 1.69. The Morgan fingerprint density at radius 2 is 1.88 bits per heavy atom. The first kappa shape index (κ1) is 17.1. The molecule has 0 aliphatic carbocycles. The fourth-order valence-electron chi connectivity index (χ4n) is 2.65. The molecular formula is C16H18N2O4S2.